The van der Waals surface area contributed by atoms with E-state index in [2.05, 4.69) is 12.1 Å². The van der Waals surface area contributed by atoms with E-state index in [0.29, 0.717) is 5.69 Å². The van der Waals surface area contributed by atoms with Crippen LogP contribution in [-0.2, 0) is 14.5 Å². The Morgan fingerprint density at radius 2 is 1.21 bits per heavy atom. The normalized spacial score (nSPS) is 26.3. The second-order valence-electron chi connectivity index (χ2n) is 9.26. The highest BCUT2D eigenvalue weighted by Gasteiger charge is 2.68. The van der Waals surface area contributed by atoms with E-state index in [0.717, 1.165) is 33.4 Å². The van der Waals surface area contributed by atoms with Gasteiger partial charge in [0.2, 0.25) is 11.8 Å². The van der Waals surface area contributed by atoms with Crippen LogP contribution in [0.4, 0.5) is 5.69 Å². The van der Waals surface area contributed by atoms with Gasteiger partial charge in [-0.1, -0.05) is 97.1 Å². The number of rotatable bonds is 2. The average molecular weight is 462 g/mol. The molecule has 164 valence electrons. The second-order valence-corrected chi connectivity index (χ2v) is 9.86. The Morgan fingerprint density at radius 3 is 1.88 bits per heavy atom. The molecule has 1 aliphatic heterocycles. The number of anilines is 1. The number of hydrogen-bond donors (Lipinski definition) is 0. The van der Waals surface area contributed by atoms with Crippen molar-refractivity contribution in [2.75, 3.05) is 4.90 Å². The largest absolute Gasteiger partial charge is 0.274 e. The summed E-state index contributed by atoms with van der Waals surface area (Å²) in [5.74, 6) is -1.76. The van der Waals surface area contributed by atoms with Crippen LogP contribution < -0.4 is 4.90 Å². The fourth-order valence-corrected chi connectivity index (χ4v) is 7.02. The van der Waals surface area contributed by atoms with Crippen LogP contribution in [0.25, 0.3) is 11.1 Å². The minimum Gasteiger partial charge on any atom is -0.274 e. The maximum atomic E-state index is 14.2. The molecule has 0 unspecified atom stereocenters. The first-order valence-corrected chi connectivity index (χ1v) is 11.9. The summed E-state index contributed by atoms with van der Waals surface area (Å²) < 4.78 is 0. The van der Waals surface area contributed by atoms with E-state index in [4.69, 9.17) is 11.6 Å². The van der Waals surface area contributed by atoms with Crippen molar-refractivity contribution < 1.29 is 9.59 Å². The van der Waals surface area contributed by atoms with Gasteiger partial charge in [0.15, 0.2) is 0 Å². The molecule has 3 nitrogen and oxygen atoms in total. The predicted molar refractivity (Wildman–Crippen MR) is 133 cm³/mol. The van der Waals surface area contributed by atoms with Gasteiger partial charge in [0.05, 0.1) is 17.5 Å². The summed E-state index contributed by atoms with van der Waals surface area (Å²) in [5, 5.41) is 0. The molecule has 4 aliphatic rings. The molecular formula is C30H20ClNO2. The quantitative estimate of drug-likeness (QED) is 0.267. The lowest BCUT2D eigenvalue weighted by molar-refractivity contribution is -0.122. The number of halogens is 1. The Bertz CT molecular complexity index is 1450. The molecular weight excluding hydrogens is 442 g/mol. The fraction of sp³-hybridized carbons (Fsp3) is 0.133. The van der Waals surface area contributed by atoms with Crippen LogP contribution >= 0.6 is 11.6 Å². The topological polar surface area (TPSA) is 37.4 Å². The SMILES string of the molecule is O=C1[C@@H]2[C@@H](C(=O)N1c1ccccc1-c1ccccc1)C1c3ccccc3C2(Cl)c2ccccc21. The van der Waals surface area contributed by atoms with Crippen molar-refractivity contribution in [1.29, 1.82) is 0 Å². The first-order chi connectivity index (χ1) is 16.6. The minimum absolute atomic E-state index is 0.169. The molecule has 8 rings (SSSR count). The van der Waals surface area contributed by atoms with Crippen LogP contribution in [0.5, 0.6) is 0 Å². The van der Waals surface area contributed by atoms with E-state index < -0.39 is 16.7 Å². The predicted octanol–water partition coefficient (Wildman–Crippen LogP) is 6.10. The molecule has 4 heteroatoms. The molecule has 0 aromatic heterocycles. The van der Waals surface area contributed by atoms with Crippen molar-refractivity contribution in [1.82, 2.24) is 0 Å². The maximum Gasteiger partial charge on any atom is 0.240 e. The molecule has 1 fully saturated rings. The van der Waals surface area contributed by atoms with Gasteiger partial charge in [-0.15, -0.1) is 11.6 Å². The number of nitrogens with zero attached hydrogens (tertiary/aromatic N) is 1. The summed E-state index contributed by atoms with van der Waals surface area (Å²) in [6.45, 7) is 0. The molecule has 2 atom stereocenters. The molecule has 4 aromatic rings. The van der Waals surface area contributed by atoms with Gasteiger partial charge in [-0.3, -0.25) is 9.59 Å². The summed E-state index contributed by atoms with van der Waals surface area (Å²) in [5.41, 5.74) is 6.43. The number of carbonyl (C=O) groups excluding carboxylic acids is 2. The number of alkyl halides is 1. The van der Waals surface area contributed by atoms with Crippen molar-refractivity contribution in [3.63, 3.8) is 0 Å². The minimum atomic E-state index is -1.07. The van der Waals surface area contributed by atoms with Crippen molar-refractivity contribution in [2.45, 2.75) is 10.8 Å². The van der Waals surface area contributed by atoms with Gasteiger partial charge in [-0.25, -0.2) is 4.90 Å². The lowest BCUT2D eigenvalue weighted by Crippen LogP contribution is -2.50. The molecule has 0 saturated carbocycles. The molecule has 1 heterocycles. The third-order valence-corrected chi connectivity index (χ3v) is 8.39. The number of benzene rings is 4. The molecule has 4 aromatic carbocycles. The summed E-state index contributed by atoms with van der Waals surface area (Å²) in [6.07, 6.45) is 0. The number of hydrogen-bond acceptors (Lipinski definition) is 2. The van der Waals surface area contributed by atoms with Gasteiger partial charge in [-0.05, 0) is 33.9 Å². The second kappa shape index (κ2) is 6.91. The Morgan fingerprint density at radius 1 is 0.647 bits per heavy atom. The first kappa shape index (κ1) is 19.7. The highest BCUT2D eigenvalue weighted by atomic mass is 35.5. The highest BCUT2D eigenvalue weighted by Crippen LogP contribution is 2.66. The van der Waals surface area contributed by atoms with Crippen LogP contribution in [0, 0.1) is 11.8 Å². The van der Waals surface area contributed by atoms with Gasteiger partial charge in [0, 0.05) is 11.5 Å². The number of para-hydroxylation sites is 1. The molecule has 34 heavy (non-hydrogen) atoms. The molecule has 0 spiro atoms. The Kier molecular flexibility index (Phi) is 4.01. The zero-order valence-corrected chi connectivity index (χ0v) is 18.9. The lowest BCUT2D eigenvalue weighted by atomic mass is 9.54. The van der Waals surface area contributed by atoms with E-state index in [1.54, 1.807) is 0 Å². The van der Waals surface area contributed by atoms with Crippen LogP contribution in [0.2, 0.25) is 0 Å². The van der Waals surface area contributed by atoms with Gasteiger partial charge < -0.3 is 0 Å². The van der Waals surface area contributed by atoms with Crippen molar-refractivity contribution in [3.8, 4) is 11.1 Å². The third-order valence-electron chi connectivity index (χ3n) is 7.74. The summed E-state index contributed by atoms with van der Waals surface area (Å²) >= 11 is 7.53. The van der Waals surface area contributed by atoms with Crippen molar-refractivity contribution >= 4 is 29.1 Å². The lowest BCUT2D eigenvalue weighted by Gasteiger charge is -2.50. The Hall–Kier alpha value is -3.69. The highest BCUT2D eigenvalue weighted by molar-refractivity contribution is 6.33. The zero-order chi connectivity index (χ0) is 23.0. The molecule has 3 aliphatic carbocycles. The van der Waals surface area contributed by atoms with Gasteiger partial charge in [-0.2, -0.15) is 0 Å². The number of amides is 2. The van der Waals surface area contributed by atoms with Crippen LogP contribution in [-0.4, -0.2) is 11.8 Å². The molecule has 0 N–H and O–H groups in total. The van der Waals surface area contributed by atoms with E-state index in [1.807, 2.05) is 91.0 Å². The summed E-state index contributed by atoms with van der Waals surface area (Å²) in [6, 6.07) is 33.5. The van der Waals surface area contributed by atoms with Gasteiger partial charge >= 0.3 is 0 Å². The van der Waals surface area contributed by atoms with E-state index >= 15 is 0 Å². The first-order valence-electron chi connectivity index (χ1n) is 11.5. The molecule has 2 amide bonds. The number of imide groups is 1. The van der Waals surface area contributed by atoms with E-state index in [-0.39, 0.29) is 17.7 Å². The summed E-state index contributed by atoms with van der Waals surface area (Å²) in [7, 11) is 0. The molecule has 1 saturated heterocycles. The fourth-order valence-electron chi connectivity index (χ4n) is 6.45. The third kappa shape index (κ3) is 2.32. The van der Waals surface area contributed by atoms with Crippen LogP contribution in [0.1, 0.15) is 28.2 Å². The number of carbonyl (C=O) groups is 2. The average Bonchev–Trinajstić information content (AvgIpc) is 3.16. The monoisotopic (exact) mass is 461 g/mol. The maximum absolute atomic E-state index is 14.2. The van der Waals surface area contributed by atoms with Crippen molar-refractivity contribution in [3.05, 3.63) is 125 Å². The van der Waals surface area contributed by atoms with Crippen molar-refractivity contribution in [2.24, 2.45) is 11.8 Å². The molecule has 2 bridgehead atoms. The van der Waals surface area contributed by atoms with E-state index in [9.17, 15) is 9.59 Å². The Balaban J connectivity index is 1.46. The zero-order valence-electron chi connectivity index (χ0n) is 18.2. The summed E-state index contributed by atoms with van der Waals surface area (Å²) in [4.78, 5) is 28.6. The molecule has 0 radical (unpaired) electrons. The Labute approximate surface area is 202 Å². The van der Waals surface area contributed by atoms with Crippen LogP contribution in [0.15, 0.2) is 103 Å². The standard InChI is InChI=1S/C30H20ClNO2/c31-30-22-15-7-4-13-20(22)25(21-14-5-8-16-23(21)30)26-27(30)29(34)32(28(26)33)24-17-9-6-12-19(24)18-10-2-1-3-11-18/h1-17,25-27H/t25?,26-,27-,30?/m0/s1. The van der Waals surface area contributed by atoms with Crippen LogP contribution in [0.3, 0.4) is 0 Å². The smallest absolute Gasteiger partial charge is 0.240 e. The van der Waals surface area contributed by atoms with Gasteiger partial charge in [0.1, 0.15) is 4.87 Å². The van der Waals surface area contributed by atoms with E-state index in [1.165, 1.54) is 4.90 Å². The van der Waals surface area contributed by atoms with Gasteiger partial charge in [0.25, 0.3) is 0 Å².